The van der Waals surface area contributed by atoms with Crippen LogP contribution in [0.2, 0.25) is 0 Å². The molecule has 0 saturated carbocycles. The molecule has 0 saturated heterocycles. The molecule has 20 heavy (non-hydrogen) atoms. The monoisotopic (exact) mass is 283 g/mol. The van der Waals surface area contributed by atoms with Crippen molar-refractivity contribution in [2.24, 2.45) is 5.73 Å². The molecule has 0 atom stereocenters. The summed E-state index contributed by atoms with van der Waals surface area (Å²) in [4.78, 5) is 32.6. The van der Waals surface area contributed by atoms with Gasteiger partial charge in [0.25, 0.3) is 11.6 Å². The van der Waals surface area contributed by atoms with Crippen LogP contribution in [0.1, 0.15) is 30.6 Å². The maximum Gasteiger partial charge on any atom is 0.270 e. The van der Waals surface area contributed by atoms with Gasteiger partial charge in [0.1, 0.15) is 5.82 Å². The molecule has 7 nitrogen and oxygen atoms in total. The van der Waals surface area contributed by atoms with Gasteiger partial charge in [0.05, 0.1) is 10.5 Å². The summed E-state index contributed by atoms with van der Waals surface area (Å²) in [5.41, 5.74) is 3.19. The van der Waals surface area contributed by atoms with Crippen LogP contribution in [-0.4, -0.2) is 22.3 Å². The summed E-state index contributed by atoms with van der Waals surface area (Å²) < 4.78 is 13.5. The van der Waals surface area contributed by atoms with Gasteiger partial charge in [-0.2, -0.15) is 0 Å². The SMILES string of the molecule is CC(C)(CC(N)=O)NC(=O)c1cc([N+](=O)[O-])ccc1F. The average molecular weight is 283 g/mol. The predicted octanol–water partition coefficient (Wildman–Crippen LogP) is 1.12. The van der Waals surface area contributed by atoms with E-state index in [1.54, 1.807) is 0 Å². The smallest absolute Gasteiger partial charge is 0.270 e. The van der Waals surface area contributed by atoms with Gasteiger partial charge in [-0.15, -0.1) is 0 Å². The molecule has 0 radical (unpaired) electrons. The van der Waals surface area contributed by atoms with E-state index < -0.39 is 39.3 Å². The number of nitro benzene ring substituents is 1. The zero-order valence-electron chi connectivity index (χ0n) is 11.0. The maximum absolute atomic E-state index is 13.5. The number of carbonyl (C=O) groups is 2. The van der Waals surface area contributed by atoms with Crippen LogP contribution in [0, 0.1) is 15.9 Å². The lowest BCUT2D eigenvalue weighted by molar-refractivity contribution is -0.384. The number of hydrogen-bond donors (Lipinski definition) is 2. The Morgan fingerprint density at radius 3 is 2.55 bits per heavy atom. The van der Waals surface area contributed by atoms with Crippen LogP contribution in [0.15, 0.2) is 18.2 Å². The van der Waals surface area contributed by atoms with Crippen molar-refractivity contribution >= 4 is 17.5 Å². The minimum absolute atomic E-state index is 0.144. The molecule has 0 heterocycles. The Balaban J connectivity index is 3.00. The van der Waals surface area contributed by atoms with Gasteiger partial charge in [-0.25, -0.2) is 4.39 Å². The van der Waals surface area contributed by atoms with E-state index in [4.69, 9.17) is 5.73 Å². The van der Waals surface area contributed by atoms with E-state index >= 15 is 0 Å². The summed E-state index contributed by atoms with van der Waals surface area (Å²) in [6.07, 6.45) is -0.144. The van der Waals surface area contributed by atoms with Crippen LogP contribution in [0.25, 0.3) is 0 Å². The number of rotatable bonds is 5. The highest BCUT2D eigenvalue weighted by Crippen LogP contribution is 2.18. The molecule has 1 aromatic rings. The van der Waals surface area contributed by atoms with Crippen molar-refractivity contribution in [1.29, 1.82) is 0 Å². The van der Waals surface area contributed by atoms with Crippen LogP contribution in [0.4, 0.5) is 10.1 Å². The molecule has 3 N–H and O–H groups in total. The molecule has 0 aliphatic carbocycles. The van der Waals surface area contributed by atoms with Gasteiger partial charge < -0.3 is 11.1 Å². The number of benzene rings is 1. The van der Waals surface area contributed by atoms with E-state index in [1.165, 1.54) is 13.8 Å². The number of primary amides is 1. The molecule has 0 aromatic heterocycles. The third-order valence-electron chi connectivity index (χ3n) is 2.47. The van der Waals surface area contributed by atoms with E-state index in [1.807, 2.05) is 0 Å². The number of nitrogens with one attached hydrogen (secondary N) is 1. The quantitative estimate of drug-likeness (QED) is 0.622. The van der Waals surface area contributed by atoms with Gasteiger partial charge in [0, 0.05) is 24.1 Å². The normalized spacial score (nSPS) is 10.9. The Bertz CT molecular complexity index is 572. The molecule has 0 aliphatic rings. The summed E-state index contributed by atoms with van der Waals surface area (Å²) in [5.74, 6) is -2.37. The number of hydrogen-bond acceptors (Lipinski definition) is 4. The van der Waals surface area contributed by atoms with Gasteiger partial charge in [0.2, 0.25) is 5.91 Å². The number of halogens is 1. The molecule has 0 spiro atoms. The number of amides is 2. The van der Waals surface area contributed by atoms with Gasteiger partial charge in [-0.05, 0) is 19.9 Å². The second-order valence-electron chi connectivity index (χ2n) is 4.90. The highest BCUT2D eigenvalue weighted by Gasteiger charge is 2.25. The lowest BCUT2D eigenvalue weighted by atomic mass is 9.99. The number of nitro groups is 1. The first kappa shape index (κ1) is 15.5. The zero-order valence-corrected chi connectivity index (χ0v) is 11.0. The minimum Gasteiger partial charge on any atom is -0.370 e. The molecule has 108 valence electrons. The van der Waals surface area contributed by atoms with Crippen molar-refractivity contribution < 1.29 is 18.9 Å². The Hall–Kier alpha value is -2.51. The van der Waals surface area contributed by atoms with Crippen LogP contribution in [0.3, 0.4) is 0 Å². The number of carbonyl (C=O) groups excluding carboxylic acids is 2. The standard InChI is InChI=1S/C12H14FN3O4/c1-12(2,6-10(14)17)15-11(18)8-5-7(16(19)20)3-4-9(8)13/h3-5H,6H2,1-2H3,(H2,14,17)(H,15,18). The fourth-order valence-electron chi connectivity index (χ4n) is 1.66. The summed E-state index contributed by atoms with van der Waals surface area (Å²) in [7, 11) is 0. The molecule has 0 aliphatic heterocycles. The van der Waals surface area contributed by atoms with E-state index in [0.717, 1.165) is 18.2 Å². The fraction of sp³-hybridized carbons (Fsp3) is 0.333. The van der Waals surface area contributed by atoms with Crippen LogP contribution in [-0.2, 0) is 4.79 Å². The molecule has 0 unspecified atom stereocenters. The van der Waals surface area contributed by atoms with Gasteiger partial charge in [0.15, 0.2) is 0 Å². The van der Waals surface area contributed by atoms with Gasteiger partial charge in [-0.3, -0.25) is 19.7 Å². The summed E-state index contributed by atoms with van der Waals surface area (Å²) in [6.45, 7) is 3.07. The number of non-ortho nitro benzene ring substituents is 1. The van der Waals surface area contributed by atoms with Gasteiger partial charge >= 0.3 is 0 Å². The molecular formula is C12H14FN3O4. The second-order valence-corrected chi connectivity index (χ2v) is 4.90. The van der Waals surface area contributed by atoms with Crippen molar-refractivity contribution in [2.45, 2.75) is 25.8 Å². The van der Waals surface area contributed by atoms with E-state index in [-0.39, 0.29) is 6.42 Å². The lowest BCUT2D eigenvalue weighted by Crippen LogP contribution is -2.46. The largest absolute Gasteiger partial charge is 0.370 e. The Labute approximate surface area is 114 Å². The average Bonchev–Trinajstić information content (AvgIpc) is 2.26. The van der Waals surface area contributed by atoms with Crippen LogP contribution in [0.5, 0.6) is 0 Å². The summed E-state index contributed by atoms with van der Waals surface area (Å²) in [6, 6.07) is 2.64. The first-order valence-electron chi connectivity index (χ1n) is 5.67. The first-order valence-corrected chi connectivity index (χ1v) is 5.67. The molecule has 2 amide bonds. The predicted molar refractivity (Wildman–Crippen MR) is 68.4 cm³/mol. The molecule has 8 heteroatoms. The van der Waals surface area contributed by atoms with Crippen molar-refractivity contribution in [3.63, 3.8) is 0 Å². The molecule has 0 bridgehead atoms. The van der Waals surface area contributed by atoms with Crippen LogP contribution >= 0.6 is 0 Å². The zero-order chi connectivity index (χ0) is 15.5. The third-order valence-corrected chi connectivity index (χ3v) is 2.47. The van der Waals surface area contributed by atoms with Gasteiger partial charge in [-0.1, -0.05) is 0 Å². The molecule has 1 rings (SSSR count). The Morgan fingerprint density at radius 1 is 1.45 bits per heavy atom. The summed E-state index contributed by atoms with van der Waals surface area (Å²) >= 11 is 0. The second kappa shape index (κ2) is 5.64. The fourth-order valence-corrected chi connectivity index (χ4v) is 1.66. The first-order chi connectivity index (χ1) is 9.12. The maximum atomic E-state index is 13.5. The van der Waals surface area contributed by atoms with E-state index in [2.05, 4.69) is 5.32 Å². The highest BCUT2D eigenvalue weighted by molar-refractivity contribution is 5.95. The molecule has 0 fully saturated rings. The Morgan fingerprint density at radius 2 is 2.05 bits per heavy atom. The van der Waals surface area contributed by atoms with E-state index in [0.29, 0.717) is 0 Å². The molecular weight excluding hydrogens is 269 g/mol. The minimum atomic E-state index is -0.986. The lowest BCUT2D eigenvalue weighted by Gasteiger charge is -2.24. The third kappa shape index (κ3) is 4.01. The highest BCUT2D eigenvalue weighted by atomic mass is 19.1. The van der Waals surface area contributed by atoms with E-state index in [9.17, 15) is 24.1 Å². The van der Waals surface area contributed by atoms with Crippen LogP contribution < -0.4 is 11.1 Å². The van der Waals surface area contributed by atoms with Crippen molar-refractivity contribution in [1.82, 2.24) is 5.32 Å². The van der Waals surface area contributed by atoms with Crippen molar-refractivity contribution in [3.05, 3.63) is 39.7 Å². The van der Waals surface area contributed by atoms with Crippen molar-refractivity contribution in [2.75, 3.05) is 0 Å². The topological polar surface area (TPSA) is 115 Å². The summed E-state index contributed by atoms with van der Waals surface area (Å²) in [5, 5.41) is 13.0. The number of nitrogens with zero attached hydrogens (tertiary/aromatic N) is 1. The molecule has 1 aromatic carbocycles. The number of nitrogens with two attached hydrogens (primary N) is 1. The van der Waals surface area contributed by atoms with Crippen molar-refractivity contribution in [3.8, 4) is 0 Å². The Kier molecular flexibility index (Phi) is 4.38.